The molecule has 1 aliphatic rings. The number of aromatic amines is 1. The Morgan fingerprint density at radius 1 is 1.62 bits per heavy atom. The molecule has 0 radical (unpaired) electrons. The molecule has 0 aliphatic carbocycles. The number of nitrogens with zero attached hydrogens (tertiary/aromatic N) is 1. The van der Waals surface area contributed by atoms with Crippen LogP contribution in [0.4, 0.5) is 0 Å². The summed E-state index contributed by atoms with van der Waals surface area (Å²) in [6.45, 7) is 5.39. The van der Waals surface area contributed by atoms with Crippen LogP contribution >= 0.6 is 11.3 Å². The average Bonchev–Trinajstić information content (AvgIpc) is 2.44. The highest BCUT2D eigenvalue weighted by atomic mass is 32.1. The maximum Gasteiger partial charge on any atom is 0.304 e. The molecule has 0 saturated carbocycles. The first-order chi connectivity index (χ1) is 6.29. The van der Waals surface area contributed by atoms with Crippen LogP contribution in [0.15, 0.2) is 4.79 Å². The number of hydrogen-bond donors (Lipinski definition) is 1. The zero-order valence-electron chi connectivity index (χ0n) is 7.80. The summed E-state index contributed by atoms with van der Waals surface area (Å²) in [5.74, 6) is 0. The molecule has 2 rings (SSSR count). The van der Waals surface area contributed by atoms with Gasteiger partial charge in [0.1, 0.15) is 0 Å². The Labute approximate surface area is 81.4 Å². The Kier molecular flexibility index (Phi) is 2.51. The van der Waals surface area contributed by atoms with Crippen LogP contribution in [-0.2, 0) is 13.0 Å². The van der Waals surface area contributed by atoms with E-state index in [2.05, 4.69) is 16.8 Å². The van der Waals surface area contributed by atoms with Crippen LogP contribution < -0.4 is 4.87 Å². The number of H-pyrrole nitrogens is 1. The van der Waals surface area contributed by atoms with E-state index in [0.29, 0.717) is 0 Å². The van der Waals surface area contributed by atoms with E-state index in [1.807, 2.05) is 0 Å². The molecule has 0 atom stereocenters. The van der Waals surface area contributed by atoms with Crippen molar-refractivity contribution in [1.29, 1.82) is 0 Å². The van der Waals surface area contributed by atoms with E-state index >= 15 is 0 Å². The molecule has 0 aromatic carbocycles. The quantitative estimate of drug-likeness (QED) is 0.775. The third-order valence-corrected chi connectivity index (χ3v) is 3.30. The highest BCUT2D eigenvalue weighted by Crippen LogP contribution is 2.18. The third-order valence-electron chi connectivity index (χ3n) is 2.39. The van der Waals surface area contributed by atoms with Crippen molar-refractivity contribution in [2.75, 3.05) is 13.1 Å². The predicted octanol–water partition coefficient (Wildman–Crippen LogP) is 1.20. The standard InChI is InChI=1S/C9H14N2OS/c1-2-4-11-5-3-7-8(6-11)13-9(12)10-7/h2-6H2,1H3,(H,10,12). The van der Waals surface area contributed by atoms with Crippen molar-refractivity contribution < 1.29 is 0 Å². The number of rotatable bonds is 2. The Balaban J connectivity index is 2.14. The molecule has 1 N–H and O–H groups in total. The molecular formula is C9H14N2OS. The summed E-state index contributed by atoms with van der Waals surface area (Å²) in [5.41, 5.74) is 1.17. The fourth-order valence-electron chi connectivity index (χ4n) is 1.78. The van der Waals surface area contributed by atoms with Crippen LogP contribution in [0.1, 0.15) is 23.9 Å². The molecule has 1 aromatic heterocycles. The van der Waals surface area contributed by atoms with Gasteiger partial charge in [-0.25, -0.2) is 0 Å². The monoisotopic (exact) mass is 198 g/mol. The van der Waals surface area contributed by atoms with E-state index in [1.54, 1.807) is 0 Å². The van der Waals surface area contributed by atoms with Gasteiger partial charge in [-0.2, -0.15) is 0 Å². The van der Waals surface area contributed by atoms with Gasteiger partial charge in [0.25, 0.3) is 0 Å². The van der Waals surface area contributed by atoms with Crippen LogP contribution in [-0.4, -0.2) is 23.0 Å². The van der Waals surface area contributed by atoms with Gasteiger partial charge in [-0.05, 0) is 13.0 Å². The molecule has 3 nitrogen and oxygen atoms in total. The van der Waals surface area contributed by atoms with E-state index in [9.17, 15) is 4.79 Å². The van der Waals surface area contributed by atoms with Gasteiger partial charge in [-0.1, -0.05) is 18.3 Å². The van der Waals surface area contributed by atoms with Crippen molar-refractivity contribution in [1.82, 2.24) is 9.88 Å². The Morgan fingerprint density at radius 3 is 3.23 bits per heavy atom. The minimum Gasteiger partial charge on any atom is -0.316 e. The third kappa shape index (κ3) is 1.84. The smallest absolute Gasteiger partial charge is 0.304 e. The summed E-state index contributed by atoms with van der Waals surface area (Å²) in [7, 11) is 0. The highest BCUT2D eigenvalue weighted by Gasteiger charge is 2.17. The van der Waals surface area contributed by atoms with Gasteiger partial charge >= 0.3 is 4.87 Å². The lowest BCUT2D eigenvalue weighted by atomic mass is 10.2. The number of hydrogen-bond acceptors (Lipinski definition) is 3. The van der Waals surface area contributed by atoms with Crippen LogP contribution in [0, 0.1) is 0 Å². The zero-order chi connectivity index (χ0) is 9.26. The molecule has 2 heterocycles. The fraction of sp³-hybridized carbons (Fsp3) is 0.667. The minimum atomic E-state index is 0.100. The number of fused-ring (bicyclic) bond motifs is 1. The molecule has 0 unspecified atom stereocenters. The van der Waals surface area contributed by atoms with Crippen molar-refractivity contribution in [3.63, 3.8) is 0 Å². The molecule has 0 amide bonds. The summed E-state index contributed by atoms with van der Waals surface area (Å²) in [6.07, 6.45) is 2.20. The van der Waals surface area contributed by atoms with Gasteiger partial charge in [-0.15, -0.1) is 0 Å². The molecule has 1 aliphatic heterocycles. The summed E-state index contributed by atoms with van der Waals surface area (Å²) in [4.78, 5) is 17.7. The average molecular weight is 198 g/mol. The zero-order valence-corrected chi connectivity index (χ0v) is 8.62. The van der Waals surface area contributed by atoms with E-state index < -0.39 is 0 Å². The maximum atomic E-state index is 11.1. The second kappa shape index (κ2) is 3.64. The first-order valence-electron chi connectivity index (χ1n) is 4.73. The molecule has 0 bridgehead atoms. The van der Waals surface area contributed by atoms with Crippen LogP contribution in [0.3, 0.4) is 0 Å². The lowest BCUT2D eigenvalue weighted by Crippen LogP contribution is -2.30. The highest BCUT2D eigenvalue weighted by molar-refractivity contribution is 7.09. The van der Waals surface area contributed by atoms with Gasteiger partial charge < -0.3 is 4.98 Å². The largest absolute Gasteiger partial charge is 0.316 e. The summed E-state index contributed by atoms with van der Waals surface area (Å²) in [6, 6.07) is 0. The summed E-state index contributed by atoms with van der Waals surface area (Å²) >= 11 is 1.37. The molecule has 72 valence electrons. The lowest BCUT2D eigenvalue weighted by Gasteiger charge is -2.25. The Morgan fingerprint density at radius 2 is 2.46 bits per heavy atom. The van der Waals surface area contributed by atoms with Gasteiger partial charge in [-0.3, -0.25) is 9.69 Å². The fourth-order valence-corrected chi connectivity index (χ4v) is 2.70. The molecule has 0 fully saturated rings. The van der Waals surface area contributed by atoms with Crippen LogP contribution in [0.5, 0.6) is 0 Å². The normalized spacial score (nSPS) is 17.3. The van der Waals surface area contributed by atoms with Crippen LogP contribution in [0.2, 0.25) is 0 Å². The molecular weight excluding hydrogens is 184 g/mol. The Bertz CT molecular complexity index is 342. The van der Waals surface area contributed by atoms with E-state index in [-0.39, 0.29) is 4.87 Å². The number of aromatic nitrogens is 1. The number of thiazole rings is 1. The Hall–Kier alpha value is -0.610. The lowest BCUT2D eigenvalue weighted by molar-refractivity contribution is 0.256. The van der Waals surface area contributed by atoms with Gasteiger partial charge in [0.05, 0.1) is 0 Å². The van der Waals surface area contributed by atoms with Crippen molar-refractivity contribution in [3.8, 4) is 0 Å². The first-order valence-corrected chi connectivity index (χ1v) is 5.54. The number of nitrogens with one attached hydrogen (secondary N) is 1. The topological polar surface area (TPSA) is 36.1 Å². The van der Waals surface area contributed by atoms with Gasteiger partial charge in [0.15, 0.2) is 0 Å². The van der Waals surface area contributed by atoms with E-state index in [4.69, 9.17) is 0 Å². The van der Waals surface area contributed by atoms with Crippen molar-refractivity contribution in [2.45, 2.75) is 26.3 Å². The van der Waals surface area contributed by atoms with Crippen molar-refractivity contribution >= 4 is 11.3 Å². The second-order valence-corrected chi connectivity index (χ2v) is 4.51. The SMILES string of the molecule is CCCN1CCc2[nH]c(=O)sc2C1. The van der Waals surface area contributed by atoms with E-state index in [1.165, 1.54) is 28.3 Å². The molecule has 0 spiro atoms. The molecule has 4 heteroatoms. The van der Waals surface area contributed by atoms with Crippen LogP contribution in [0.25, 0.3) is 0 Å². The minimum absolute atomic E-state index is 0.100. The van der Waals surface area contributed by atoms with Gasteiger partial charge in [0.2, 0.25) is 0 Å². The molecule has 0 saturated heterocycles. The van der Waals surface area contributed by atoms with Crippen molar-refractivity contribution in [2.24, 2.45) is 0 Å². The predicted molar refractivity (Wildman–Crippen MR) is 54.2 cm³/mol. The van der Waals surface area contributed by atoms with E-state index in [0.717, 1.165) is 26.1 Å². The second-order valence-electron chi connectivity index (χ2n) is 3.44. The molecule has 1 aromatic rings. The maximum absolute atomic E-state index is 11.1. The first kappa shape index (κ1) is 8.97. The summed E-state index contributed by atoms with van der Waals surface area (Å²) < 4.78 is 0. The van der Waals surface area contributed by atoms with Crippen molar-refractivity contribution in [3.05, 3.63) is 20.2 Å². The molecule has 13 heavy (non-hydrogen) atoms. The summed E-state index contributed by atoms with van der Waals surface area (Å²) in [5, 5.41) is 0. The van der Waals surface area contributed by atoms with Gasteiger partial charge in [0, 0.05) is 30.1 Å².